The van der Waals surface area contributed by atoms with E-state index in [-0.39, 0.29) is 18.0 Å². The van der Waals surface area contributed by atoms with Crippen LogP contribution in [0, 0.1) is 0 Å². The number of hydrogen-bond acceptors (Lipinski definition) is 3. The molecule has 0 radical (unpaired) electrons. The number of rotatable bonds is 2. The molecule has 2 fully saturated rings. The van der Waals surface area contributed by atoms with Gasteiger partial charge in [0, 0.05) is 6.54 Å². The third kappa shape index (κ3) is 2.03. The minimum Gasteiger partial charge on any atom is -0.497 e. The van der Waals surface area contributed by atoms with Gasteiger partial charge in [-0.05, 0) is 37.1 Å². The topological polar surface area (TPSA) is 49.9 Å². The van der Waals surface area contributed by atoms with E-state index in [1.807, 2.05) is 0 Å². The molecule has 20 heavy (non-hydrogen) atoms. The first-order valence-electron chi connectivity index (χ1n) is 7.01. The van der Waals surface area contributed by atoms with E-state index >= 15 is 0 Å². The standard InChI is InChI=1S/C15H18N2O3/c1-20-12-8-6-11(7-9-12)17-14(18)13-5-3-2-4-10-16(13)15(17)19/h6-9,13H,2-5,10H2,1H3. The Morgan fingerprint density at radius 2 is 1.85 bits per heavy atom. The second-order valence-electron chi connectivity index (χ2n) is 5.21. The van der Waals surface area contributed by atoms with Crippen LogP contribution in [-0.2, 0) is 4.79 Å². The smallest absolute Gasteiger partial charge is 0.332 e. The molecule has 3 amide bonds. The largest absolute Gasteiger partial charge is 0.497 e. The molecule has 0 N–H and O–H groups in total. The third-order valence-electron chi connectivity index (χ3n) is 4.03. The molecular formula is C15H18N2O3. The van der Waals surface area contributed by atoms with Gasteiger partial charge in [-0.1, -0.05) is 12.8 Å². The maximum absolute atomic E-state index is 12.5. The average molecular weight is 274 g/mol. The van der Waals surface area contributed by atoms with E-state index in [4.69, 9.17) is 4.74 Å². The number of imide groups is 1. The number of amides is 3. The Balaban J connectivity index is 1.89. The van der Waals surface area contributed by atoms with Gasteiger partial charge in [-0.3, -0.25) is 4.79 Å². The Morgan fingerprint density at radius 3 is 2.55 bits per heavy atom. The summed E-state index contributed by atoms with van der Waals surface area (Å²) in [4.78, 5) is 28.0. The fourth-order valence-electron chi connectivity index (χ4n) is 2.93. The first-order chi connectivity index (χ1) is 9.72. The van der Waals surface area contributed by atoms with E-state index in [2.05, 4.69) is 0 Å². The summed E-state index contributed by atoms with van der Waals surface area (Å²) < 4.78 is 5.10. The molecule has 1 atom stereocenters. The molecule has 0 spiro atoms. The van der Waals surface area contributed by atoms with Crippen molar-refractivity contribution in [3.05, 3.63) is 24.3 Å². The molecule has 2 heterocycles. The minimum atomic E-state index is -0.271. The fourth-order valence-corrected chi connectivity index (χ4v) is 2.93. The Bertz CT molecular complexity index is 502. The Kier molecular flexibility index (Phi) is 3.34. The van der Waals surface area contributed by atoms with Gasteiger partial charge in [-0.15, -0.1) is 0 Å². The molecule has 0 aliphatic carbocycles. The van der Waals surface area contributed by atoms with Gasteiger partial charge in [-0.2, -0.15) is 0 Å². The molecule has 2 saturated heterocycles. The Labute approximate surface area is 118 Å². The van der Waals surface area contributed by atoms with E-state index in [9.17, 15) is 9.59 Å². The van der Waals surface area contributed by atoms with Gasteiger partial charge in [0.15, 0.2) is 0 Å². The highest BCUT2D eigenvalue weighted by molar-refractivity contribution is 6.21. The molecule has 106 valence electrons. The lowest BCUT2D eigenvalue weighted by molar-refractivity contribution is -0.119. The second-order valence-corrected chi connectivity index (χ2v) is 5.21. The summed E-state index contributed by atoms with van der Waals surface area (Å²) in [6.07, 6.45) is 3.86. The van der Waals surface area contributed by atoms with Crippen molar-refractivity contribution in [1.29, 1.82) is 0 Å². The van der Waals surface area contributed by atoms with Crippen LogP contribution in [0.5, 0.6) is 5.75 Å². The van der Waals surface area contributed by atoms with Crippen molar-refractivity contribution in [2.45, 2.75) is 31.7 Å². The zero-order valence-corrected chi connectivity index (χ0v) is 11.5. The van der Waals surface area contributed by atoms with Crippen molar-refractivity contribution >= 4 is 17.6 Å². The number of benzene rings is 1. The summed E-state index contributed by atoms with van der Waals surface area (Å²) >= 11 is 0. The summed E-state index contributed by atoms with van der Waals surface area (Å²) in [7, 11) is 1.59. The molecular weight excluding hydrogens is 256 g/mol. The van der Waals surface area contributed by atoms with Gasteiger partial charge in [0.1, 0.15) is 11.8 Å². The third-order valence-corrected chi connectivity index (χ3v) is 4.03. The molecule has 5 nitrogen and oxygen atoms in total. The van der Waals surface area contributed by atoms with E-state index in [0.717, 1.165) is 25.7 Å². The van der Waals surface area contributed by atoms with Crippen molar-refractivity contribution in [3.63, 3.8) is 0 Å². The van der Waals surface area contributed by atoms with Crippen molar-refractivity contribution in [2.75, 3.05) is 18.6 Å². The van der Waals surface area contributed by atoms with Crippen molar-refractivity contribution < 1.29 is 14.3 Å². The lowest BCUT2D eigenvalue weighted by Gasteiger charge is -2.18. The summed E-state index contributed by atoms with van der Waals surface area (Å²) in [6.45, 7) is 0.682. The van der Waals surface area contributed by atoms with Crippen LogP contribution in [-0.4, -0.2) is 36.5 Å². The van der Waals surface area contributed by atoms with E-state index in [1.54, 1.807) is 36.3 Å². The molecule has 1 unspecified atom stereocenters. The summed E-state index contributed by atoms with van der Waals surface area (Å²) in [6, 6.07) is 6.57. The molecule has 1 aromatic carbocycles. The zero-order chi connectivity index (χ0) is 14.1. The highest BCUT2D eigenvalue weighted by Crippen LogP contribution is 2.30. The van der Waals surface area contributed by atoms with E-state index in [0.29, 0.717) is 18.0 Å². The highest BCUT2D eigenvalue weighted by atomic mass is 16.5. The number of hydrogen-bond donors (Lipinski definition) is 0. The van der Waals surface area contributed by atoms with Gasteiger partial charge in [0.25, 0.3) is 5.91 Å². The maximum atomic E-state index is 12.5. The number of ether oxygens (including phenoxy) is 1. The van der Waals surface area contributed by atoms with Crippen LogP contribution in [0.25, 0.3) is 0 Å². The van der Waals surface area contributed by atoms with Gasteiger partial charge in [0.2, 0.25) is 0 Å². The number of methoxy groups -OCH3 is 1. The lowest BCUT2D eigenvalue weighted by Crippen LogP contribution is -2.34. The van der Waals surface area contributed by atoms with E-state index in [1.165, 1.54) is 4.90 Å². The summed E-state index contributed by atoms with van der Waals surface area (Å²) in [5.74, 6) is 0.615. The summed E-state index contributed by atoms with van der Waals surface area (Å²) in [5.41, 5.74) is 0.619. The number of nitrogens with zero attached hydrogens (tertiary/aromatic N) is 2. The van der Waals surface area contributed by atoms with E-state index < -0.39 is 0 Å². The molecule has 0 aromatic heterocycles. The lowest BCUT2D eigenvalue weighted by atomic mass is 10.1. The monoisotopic (exact) mass is 274 g/mol. The highest BCUT2D eigenvalue weighted by Gasteiger charge is 2.45. The molecule has 0 saturated carbocycles. The average Bonchev–Trinajstić information content (AvgIpc) is 2.66. The van der Waals surface area contributed by atoms with Gasteiger partial charge >= 0.3 is 6.03 Å². The van der Waals surface area contributed by atoms with Gasteiger partial charge in [-0.25, -0.2) is 9.69 Å². The summed E-state index contributed by atoms with van der Waals surface area (Å²) in [5, 5.41) is 0. The van der Waals surface area contributed by atoms with Crippen LogP contribution in [0.2, 0.25) is 0 Å². The maximum Gasteiger partial charge on any atom is 0.332 e. The van der Waals surface area contributed by atoms with Crippen LogP contribution in [0.3, 0.4) is 0 Å². The number of urea groups is 1. The predicted molar refractivity (Wildman–Crippen MR) is 74.8 cm³/mol. The Morgan fingerprint density at radius 1 is 1.10 bits per heavy atom. The second kappa shape index (κ2) is 5.15. The molecule has 2 aliphatic heterocycles. The van der Waals surface area contributed by atoms with Crippen LogP contribution in [0.1, 0.15) is 25.7 Å². The van der Waals surface area contributed by atoms with Gasteiger partial charge < -0.3 is 9.64 Å². The van der Waals surface area contributed by atoms with Crippen molar-refractivity contribution in [1.82, 2.24) is 4.90 Å². The first-order valence-corrected chi connectivity index (χ1v) is 7.01. The number of carbonyl (C=O) groups is 2. The predicted octanol–water partition coefficient (Wildman–Crippen LogP) is 2.41. The normalized spacial score (nSPS) is 22.8. The van der Waals surface area contributed by atoms with Gasteiger partial charge in [0.05, 0.1) is 12.8 Å². The quantitative estimate of drug-likeness (QED) is 0.778. The Hall–Kier alpha value is -2.04. The number of carbonyl (C=O) groups excluding carboxylic acids is 2. The first kappa shape index (κ1) is 13.0. The number of anilines is 1. The fraction of sp³-hybridized carbons (Fsp3) is 0.467. The molecule has 3 rings (SSSR count). The number of fused-ring (bicyclic) bond motifs is 1. The molecule has 0 bridgehead atoms. The van der Waals surface area contributed by atoms with Crippen LogP contribution in [0.15, 0.2) is 24.3 Å². The SMILES string of the molecule is COc1ccc(N2C(=O)C3CCCCCN3C2=O)cc1. The van der Waals surface area contributed by atoms with Crippen LogP contribution < -0.4 is 9.64 Å². The molecule has 5 heteroatoms. The van der Waals surface area contributed by atoms with Crippen molar-refractivity contribution in [3.8, 4) is 5.75 Å². The molecule has 2 aliphatic rings. The zero-order valence-electron chi connectivity index (χ0n) is 11.5. The van der Waals surface area contributed by atoms with Crippen LogP contribution >= 0.6 is 0 Å². The minimum absolute atomic E-state index is 0.0953. The molecule has 1 aromatic rings. The van der Waals surface area contributed by atoms with Crippen LogP contribution in [0.4, 0.5) is 10.5 Å². The van der Waals surface area contributed by atoms with Crippen molar-refractivity contribution in [2.24, 2.45) is 0 Å².